The second-order valence-corrected chi connectivity index (χ2v) is 8.71. The van der Waals surface area contributed by atoms with Gasteiger partial charge in [0.25, 0.3) is 5.91 Å². The molecule has 6 nitrogen and oxygen atoms in total. The van der Waals surface area contributed by atoms with Gasteiger partial charge in [0.1, 0.15) is 0 Å². The van der Waals surface area contributed by atoms with Crippen LogP contribution < -0.4 is 5.73 Å². The highest BCUT2D eigenvalue weighted by Gasteiger charge is 2.39. The molecule has 0 spiro atoms. The highest BCUT2D eigenvalue weighted by atomic mass is 19.4. The number of carbonyl (C=O) groups is 2. The Kier molecular flexibility index (Phi) is 6.74. The lowest BCUT2D eigenvalue weighted by molar-refractivity contribution is -0.143. The minimum absolute atomic E-state index is 0.00324. The number of aromatic amines is 1. The van der Waals surface area contributed by atoms with Gasteiger partial charge in [-0.15, -0.1) is 0 Å². The van der Waals surface area contributed by atoms with Crippen molar-refractivity contribution in [2.45, 2.75) is 24.8 Å². The van der Waals surface area contributed by atoms with Crippen molar-refractivity contribution in [2.24, 2.45) is 5.73 Å². The van der Waals surface area contributed by atoms with Gasteiger partial charge in [-0.2, -0.15) is 26.3 Å². The Morgan fingerprint density at radius 2 is 1.61 bits per heavy atom. The molecule has 3 N–H and O–H groups in total. The molecule has 1 saturated heterocycles. The molecule has 1 atom stereocenters. The molecule has 2 amide bonds. The summed E-state index contributed by atoms with van der Waals surface area (Å²) in [6.07, 6.45) is -8.14. The number of nitrogens with zero attached hydrogens (tertiary/aromatic N) is 2. The number of amides is 2. The van der Waals surface area contributed by atoms with Gasteiger partial charge in [0, 0.05) is 48.3 Å². The smallest absolute Gasteiger partial charge is 0.369 e. The fourth-order valence-corrected chi connectivity index (χ4v) is 4.52. The number of para-hydroxylation sites is 1. The first-order valence-corrected chi connectivity index (χ1v) is 11.0. The Labute approximate surface area is 201 Å². The number of nitrogens with two attached hydrogens (primary N) is 1. The number of piperazine rings is 1. The van der Waals surface area contributed by atoms with Crippen LogP contribution in [0.4, 0.5) is 26.3 Å². The van der Waals surface area contributed by atoms with Crippen molar-refractivity contribution in [1.29, 1.82) is 0 Å². The Morgan fingerprint density at radius 1 is 0.972 bits per heavy atom. The molecule has 2 heterocycles. The van der Waals surface area contributed by atoms with E-state index in [2.05, 4.69) is 4.98 Å². The number of primary amides is 1. The van der Waals surface area contributed by atoms with Crippen LogP contribution in [0.25, 0.3) is 10.9 Å². The summed E-state index contributed by atoms with van der Waals surface area (Å²) in [4.78, 5) is 30.9. The molecule has 0 aliphatic carbocycles. The van der Waals surface area contributed by atoms with Crippen LogP contribution in [0.3, 0.4) is 0 Å². The number of alkyl halides is 6. The van der Waals surface area contributed by atoms with Crippen LogP contribution in [0, 0.1) is 0 Å². The van der Waals surface area contributed by atoms with E-state index in [0.29, 0.717) is 12.1 Å². The quantitative estimate of drug-likeness (QED) is 0.506. The van der Waals surface area contributed by atoms with Gasteiger partial charge in [-0.3, -0.25) is 14.5 Å². The molecule has 4 rings (SSSR count). The van der Waals surface area contributed by atoms with Gasteiger partial charge in [0.05, 0.1) is 17.7 Å². The zero-order valence-corrected chi connectivity index (χ0v) is 18.8. The van der Waals surface area contributed by atoms with Gasteiger partial charge in [-0.25, -0.2) is 0 Å². The summed E-state index contributed by atoms with van der Waals surface area (Å²) in [6.45, 7) is 0.258. The number of nitrogens with one attached hydrogen (secondary N) is 1. The first-order chi connectivity index (χ1) is 16.8. The molecule has 2 aromatic carbocycles. The van der Waals surface area contributed by atoms with Crippen molar-refractivity contribution >= 4 is 22.7 Å². The number of hydrogen-bond acceptors (Lipinski definition) is 3. The molecule has 3 aromatic rings. The molecule has 1 unspecified atom stereocenters. The Hall–Kier alpha value is -3.54. The van der Waals surface area contributed by atoms with Crippen LogP contribution in [0.2, 0.25) is 0 Å². The standard InChI is InChI=1S/C24H22F6N4O2/c25-23(26,27)16-7-14(8-17(10-16)24(28,29)30)22(36)34-6-5-33(13-21(31)35)12-18(34)9-15-11-32-20-4-2-1-3-19(15)20/h1-4,7-8,10-11,18,32H,5-6,9,12-13H2,(H2,31,35). The fraction of sp³-hybridized carbons (Fsp3) is 0.333. The number of carbonyl (C=O) groups excluding carboxylic acids is 2. The van der Waals surface area contributed by atoms with Gasteiger partial charge in [-0.05, 0) is 36.2 Å². The Bertz CT molecular complexity index is 1250. The Balaban J connectivity index is 1.70. The molecule has 192 valence electrons. The first-order valence-electron chi connectivity index (χ1n) is 11.0. The third-order valence-electron chi connectivity index (χ3n) is 6.17. The monoisotopic (exact) mass is 512 g/mol. The van der Waals surface area contributed by atoms with E-state index in [1.807, 2.05) is 24.3 Å². The normalized spacial score (nSPS) is 17.5. The lowest BCUT2D eigenvalue weighted by atomic mass is 9.98. The summed E-state index contributed by atoms with van der Waals surface area (Å²) >= 11 is 0. The lowest BCUT2D eigenvalue weighted by Gasteiger charge is -2.41. The summed E-state index contributed by atoms with van der Waals surface area (Å²) < 4.78 is 80.1. The topological polar surface area (TPSA) is 82.4 Å². The number of benzene rings is 2. The van der Waals surface area contributed by atoms with E-state index in [1.54, 1.807) is 11.1 Å². The lowest BCUT2D eigenvalue weighted by Crippen LogP contribution is -2.57. The minimum Gasteiger partial charge on any atom is -0.369 e. The molecular weight excluding hydrogens is 490 g/mol. The van der Waals surface area contributed by atoms with Gasteiger partial charge < -0.3 is 15.6 Å². The molecule has 0 radical (unpaired) electrons. The second-order valence-electron chi connectivity index (χ2n) is 8.71. The van der Waals surface area contributed by atoms with Crippen molar-refractivity contribution in [3.05, 3.63) is 70.9 Å². The van der Waals surface area contributed by atoms with Crippen LogP contribution in [-0.4, -0.2) is 58.8 Å². The average Bonchev–Trinajstić information content (AvgIpc) is 3.20. The maximum atomic E-state index is 13.4. The summed E-state index contributed by atoms with van der Waals surface area (Å²) in [7, 11) is 0. The number of aromatic nitrogens is 1. The molecule has 1 fully saturated rings. The van der Waals surface area contributed by atoms with E-state index >= 15 is 0 Å². The van der Waals surface area contributed by atoms with E-state index in [0.717, 1.165) is 16.5 Å². The second kappa shape index (κ2) is 9.49. The molecule has 0 saturated carbocycles. The molecular formula is C24H22F6N4O2. The van der Waals surface area contributed by atoms with Crippen LogP contribution in [0.15, 0.2) is 48.7 Å². The van der Waals surface area contributed by atoms with Crippen LogP contribution in [-0.2, 0) is 23.6 Å². The van der Waals surface area contributed by atoms with Gasteiger partial charge in [0.15, 0.2) is 0 Å². The summed E-state index contributed by atoms with van der Waals surface area (Å²) in [5.41, 5.74) is 3.14. The fourth-order valence-electron chi connectivity index (χ4n) is 4.52. The maximum absolute atomic E-state index is 13.4. The SMILES string of the molecule is NC(=O)CN1CCN(C(=O)c2cc(C(F)(F)F)cc(C(F)(F)F)c2)C(Cc2c[nH]c3ccccc23)C1. The molecule has 1 aliphatic rings. The van der Waals surface area contributed by atoms with Gasteiger partial charge in [-0.1, -0.05) is 18.2 Å². The summed E-state index contributed by atoms with van der Waals surface area (Å²) in [5, 5.41) is 0.871. The molecule has 0 bridgehead atoms. The summed E-state index contributed by atoms with van der Waals surface area (Å²) in [5.74, 6) is -1.54. The zero-order valence-electron chi connectivity index (χ0n) is 18.8. The number of halogens is 6. The van der Waals surface area contributed by atoms with E-state index in [-0.39, 0.29) is 38.7 Å². The summed E-state index contributed by atoms with van der Waals surface area (Å²) in [6, 6.07) is 7.61. The highest BCUT2D eigenvalue weighted by Crippen LogP contribution is 2.37. The Morgan fingerprint density at radius 3 is 2.22 bits per heavy atom. The number of rotatable bonds is 5. The average molecular weight is 512 g/mol. The van der Waals surface area contributed by atoms with Crippen LogP contribution >= 0.6 is 0 Å². The predicted octanol–water partition coefficient (Wildman–Crippen LogP) is 4.06. The minimum atomic E-state index is -5.07. The van der Waals surface area contributed by atoms with Crippen molar-refractivity contribution < 1.29 is 35.9 Å². The number of hydrogen-bond donors (Lipinski definition) is 2. The molecule has 1 aliphatic heterocycles. The highest BCUT2D eigenvalue weighted by molar-refractivity contribution is 5.95. The molecule has 12 heteroatoms. The number of fused-ring (bicyclic) bond motifs is 1. The van der Waals surface area contributed by atoms with Gasteiger partial charge in [0.2, 0.25) is 5.91 Å². The molecule has 1 aromatic heterocycles. The van der Waals surface area contributed by atoms with Crippen LogP contribution in [0.1, 0.15) is 27.0 Å². The third kappa shape index (κ3) is 5.48. The van der Waals surface area contributed by atoms with E-state index in [4.69, 9.17) is 5.73 Å². The van der Waals surface area contributed by atoms with Crippen molar-refractivity contribution in [2.75, 3.05) is 26.2 Å². The van der Waals surface area contributed by atoms with Gasteiger partial charge >= 0.3 is 12.4 Å². The largest absolute Gasteiger partial charge is 0.416 e. The van der Waals surface area contributed by atoms with E-state index < -0.39 is 46.9 Å². The maximum Gasteiger partial charge on any atom is 0.416 e. The first kappa shape index (κ1) is 25.5. The van der Waals surface area contributed by atoms with Crippen molar-refractivity contribution in [3.8, 4) is 0 Å². The zero-order chi connectivity index (χ0) is 26.3. The van der Waals surface area contributed by atoms with E-state index in [1.165, 1.54) is 4.90 Å². The van der Waals surface area contributed by atoms with Crippen molar-refractivity contribution in [3.63, 3.8) is 0 Å². The molecule has 36 heavy (non-hydrogen) atoms. The number of H-pyrrole nitrogens is 1. The van der Waals surface area contributed by atoms with Crippen LogP contribution in [0.5, 0.6) is 0 Å². The van der Waals surface area contributed by atoms with E-state index in [9.17, 15) is 35.9 Å². The third-order valence-corrected chi connectivity index (χ3v) is 6.17. The predicted molar refractivity (Wildman–Crippen MR) is 119 cm³/mol. The van der Waals surface area contributed by atoms with Crippen molar-refractivity contribution in [1.82, 2.24) is 14.8 Å².